The zero-order chi connectivity index (χ0) is 25.5. The normalized spacial score (nSPS) is 24.8. The van der Waals surface area contributed by atoms with Crippen molar-refractivity contribution in [3.05, 3.63) is 42.0 Å². The van der Waals surface area contributed by atoms with E-state index in [1.807, 2.05) is 35.8 Å². The third-order valence-corrected chi connectivity index (χ3v) is 8.32. The average Bonchev–Trinajstić information content (AvgIpc) is 2.89. The quantitative estimate of drug-likeness (QED) is 0.586. The van der Waals surface area contributed by atoms with Gasteiger partial charge in [-0.2, -0.15) is 0 Å². The summed E-state index contributed by atoms with van der Waals surface area (Å²) in [5.74, 6) is 1.74. The van der Waals surface area contributed by atoms with Gasteiger partial charge in [-0.25, -0.2) is 0 Å². The summed E-state index contributed by atoms with van der Waals surface area (Å²) in [6, 6.07) is 8.61. The van der Waals surface area contributed by atoms with E-state index >= 15 is 0 Å². The molecule has 4 rings (SSSR count). The highest BCUT2D eigenvalue weighted by Crippen LogP contribution is 2.30. The van der Waals surface area contributed by atoms with Gasteiger partial charge in [0.2, 0.25) is 11.8 Å². The smallest absolute Gasteiger partial charge is 0.236 e. The van der Waals surface area contributed by atoms with Crippen molar-refractivity contribution in [1.29, 1.82) is 0 Å². The molecule has 198 valence electrons. The second-order valence-corrected chi connectivity index (χ2v) is 10.6. The number of nitrogens with zero attached hydrogens (tertiary/aromatic N) is 4. The van der Waals surface area contributed by atoms with Crippen LogP contribution in [0, 0.1) is 11.8 Å². The van der Waals surface area contributed by atoms with Crippen LogP contribution in [0.5, 0.6) is 5.75 Å². The second kappa shape index (κ2) is 12.7. The van der Waals surface area contributed by atoms with Crippen LogP contribution in [0.25, 0.3) is 0 Å². The van der Waals surface area contributed by atoms with Crippen LogP contribution in [0.2, 0.25) is 0 Å². The number of ether oxygens (including phenoxy) is 1. The first kappa shape index (κ1) is 26.7. The van der Waals surface area contributed by atoms with E-state index in [-0.39, 0.29) is 23.7 Å². The first-order chi connectivity index (χ1) is 17.5. The monoisotopic (exact) mass is 496 g/mol. The molecule has 1 aromatic carbocycles. The molecule has 0 spiro atoms. The Kier molecular flexibility index (Phi) is 9.43. The molecule has 0 saturated carbocycles. The Hall–Kier alpha value is -2.38. The van der Waals surface area contributed by atoms with Gasteiger partial charge in [-0.05, 0) is 71.1 Å². The molecule has 2 fully saturated rings. The Balaban J connectivity index is 1.55. The number of fused-ring (bicyclic) bond motifs is 3. The van der Waals surface area contributed by atoms with Crippen LogP contribution in [0.15, 0.2) is 36.4 Å². The first-order valence-electron chi connectivity index (χ1n) is 13.8. The summed E-state index contributed by atoms with van der Waals surface area (Å²) in [5.41, 5.74) is 1.14. The fourth-order valence-electron chi connectivity index (χ4n) is 5.97. The Morgan fingerprint density at radius 1 is 1.06 bits per heavy atom. The molecule has 1 aromatic rings. The van der Waals surface area contributed by atoms with Gasteiger partial charge in [-0.15, -0.1) is 0 Å². The standard InChI is InChI=1S/C29H44N4O3/c1-4-31(5-2)28(34)19-23-12-17-32-20-24(23)10-8-18-36-27-11-7-6-9-25(27)21-33(22-29(32)35)26-13-15-30(3)16-14-26/h6-11,23-24,26H,4-5,12-22H2,1-3H3/t23-,24-/m0/s1. The van der Waals surface area contributed by atoms with Crippen molar-refractivity contribution in [3.8, 4) is 5.75 Å². The zero-order valence-electron chi connectivity index (χ0n) is 22.4. The molecule has 0 N–H and O–H groups in total. The number of benzene rings is 1. The molecule has 3 heterocycles. The van der Waals surface area contributed by atoms with E-state index in [4.69, 9.17) is 4.74 Å². The van der Waals surface area contributed by atoms with Crippen LogP contribution in [0.4, 0.5) is 0 Å². The van der Waals surface area contributed by atoms with Gasteiger partial charge in [-0.3, -0.25) is 14.5 Å². The van der Waals surface area contributed by atoms with Crippen LogP contribution in [0.1, 0.15) is 45.1 Å². The summed E-state index contributed by atoms with van der Waals surface area (Å²) in [6.45, 7) is 10.7. The van der Waals surface area contributed by atoms with Crippen molar-refractivity contribution in [3.63, 3.8) is 0 Å². The Labute approximate surface area is 217 Å². The summed E-state index contributed by atoms with van der Waals surface area (Å²) >= 11 is 0. The highest BCUT2D eigenvalue weighted by molar-refractivity contribution is 5.79. The van der Waals surface area contributed by atoms with Crippen molar-refractivity contribution in [2.24, 2.45) is 11.8 Å². The fourth-order valence-corrected chi connectivity index (χ4v) is 5.97. The molecule has 7 nitrogen and oxygen atoms in total. The fraction of sp³-hybridized carbons (Fsp3) is 0.655. The van der Waals surface area contributed by atoms with Gasteiger partial charge in [0.25, 0.3) is 0 Å². The van der Waals surface area contributed by atoms with E-state index in [0.29, 0.717) is 32.2 Å². The lowest BCUT2D eigenvalue weighted by molar-refractivity contribution is -0.136. The molecule has 0 unspecified atom stereocenters. The maximum atomic E-state index is 13.6. The lowest BCUT2D eigenvalue weighted by Crippen LogP contribution is -2.51. The molecule has 3 aliphatic heterocycles. The lowest BCUT2D eigenvalue weighted by atomic mass is 9.82. The lowest BCUT2D eigenvalue weighted by Gasteiger charge is -2.41. The van der Waals surface area contributed by atoms with Crippen molar-refractivity contribution in [2.75, 3.05) is 59.5 Å². The predicted molar refractivity (Wildman–Crippen MR) is 143 cm³/mol. The summed E-state index contributed by atoms with van der Waals surface area (Å²) in [5, 5.41) is 0. The van der Waals surface area contributed by atoms with Gasteiger partial charge in [0.05, 0.1) is 6.54 Å². The number of hydrogen-bond acceptors (Lipinski definition) is 5. The molecule has 36 heavy (non-hydrogen) atoms. The average molecular weight is 497 g/mol. The molecule has 0 aliphatic carbocycles. The maximum Gasteiger partial charge on any atom is 0.236 e. The van der Waals surface area contributed by atoms with E-state index in [9.17, 15) is 9.59 Å². The number of likely N-dealkylation sites (tertiary alicyclic amines) is 1. The Morgan fingerprint density at radius 3 is 2.56 bits per heavy atom. The van der Waals surface area contributed by atoms with E-state index < -0.39 is 0 Å². The largest absolute Gasteiger partial charge is 0.489 e. The number of piperidine rings is 2. The SMILES string of the molecule is CCN(CC)C(=O)C[C@@H]1CCN2C[C@@H]1C=CCOc1ccccc1CN(C1CCN(C)CC1)CC2=O. The maximum absolute atomic E-state index is 13.6. The molecule has 7 heteroatoms. The molecular formula is C29H44N4O3. The number of rotatable bonds is 5. The number of carbonyl (C=O) groups is 2. The molecule has 3 aliphatic rings. The number of hydrogen-bond donors (Lipinski definition) is 0. The minimum absolute atomic E-state index is 0.165. The van der Waals surface area contributed by atoms with Crippen LogP contribution in [0.3, 0.4) is 0 Å². The Bertz CT molecular complexity index is 908. The summed E-state index contributed by atoms with van der Waals surface area (Å²) in [6.07, 6.45) is 7.83. The molecular weight excluding hydrogens is 452 g/mol. The van der Waals surface area contributed by atoms with Crippen molar-refractivity contribution in [1.82, 2.24) is 19.6 Å². The van der Waals surface area contributed by atoms with Crippen molar-refractivity contribution < 1.29 is 14.3 Å². The van der Waals surface area contributed by atoms with Crippen LogP contribution >= 0.6 is 0 Å². The minimum Gasteiger partial charge on any atom is -0.489 e. The van der Waals surface area contributed by atoms with Gasteiger partial charge < -0.3 is 19.4 Å². The van der Waals surface area contributed by atoms with Gasteiger partial charge in [-0.1, -0.05) is 30.4 Å². The zero-order valence-corrected chi connectivity index (χ0v) is 22.4. The van der Waals surface area contributed by atoms with Crippen LogP contribution < -0.4 is 4.74 Å². The topological polar surface area (TPSA) is 56.3 Å². The van der Waals surface area contributed by atoms with Gasteiger partial charge in [0, 0.05) is 50.7 Å². The minimum atomic E-state index is 0.165. The van der Waals surface area contributed by atoms with Crippen molar-refractivity contribution >= 4 is 11.8 Å². The number of carbonyl (C=O) groups excluding carboxylic acids is 2. The van der Waals surface area contributed by atoms with Crippen LogP contribution in [-0.4, -0.2) is 96.9 Å². The van der Waals surface area contributed by atoms with E-state index in [1.54, 1.807) is 0 Å². The van der Waals surface area contributed by atoms with E-state index in [0.717, 1.165) is 69.8 Å². The molecule has 2 amide bonds. The van der Waals surface area contributed by atoms with Gasteiger partial charge >= 0.3 is 0 Å². The Morgan fingerprint density at radius 2 is 1.81 bits per heavy atom. The third-order valence-electron chi connectivity index (χ3n) is 8.32. The number of para-hydroxylation sites is 1. The van der Waals surface area contributed by atoms with Crippen LogP contribution in [-0.2, 0) is 16.1 Å². The summed E-state index contributed by atoms with van der Waals surface area (Å²) in [4.78, 5) is 35.2. The van der Waals surface area contributed by atoms with Crippen molar-refractivity contribution in [2.45, 2.75) is 52.1 Å². The molecule has 2 saturated heterocycles. The van der Waals surface area contributed by atoms with E-state index in [2.05, 4.69) is 41.1 Å². The second-order valence-electron chi connectivity index (χ2n) is 10.6. The highest BCUT2D eigenvalue weighted by Gasteiger charge is 2.34. The predicted octanol–water partition coefficient (Wildman–Crippen LogP) is 3.25. The third kappa shape index (κ3) is 6.68. The van der Waals surface area contributed by atoms with Gasteiger partial charge in [0.1, 0.15) is 12.4 Å². The first-order valence-corrected chi connectivity index (χ1v) is 13.8. The number of amides is 2. The molecule has 0 radical (unpaired) electrons. The summed E-state index contributed by atoms with van der Waals surface area (Å²) in [7, 11) is 2.17. The molecule has 2 atom stereocenters. The summed E-state index contributed by atoms with van der Waals surface area (Å²) < 4.78 is 6.21. The van der Waals surface area contributed by atoms with E-state index in [1.165, 1.54) is 0 Å². The molecule has 2 bridgehead atoms. The molecule has 0 aromatic heterocycles. The highest BCUT2D eigenvalue weighted by atomic mass is 16.5. The van der Waals surface area contributed by atoms with Gasteiger partial charge in [0.15, 0.2) is 0 Å².